The van der Waals surface area contributed by atoms with Gasteiger partial charge in [0, 0.05) is 37.3 Å². The van der Waals surface area contributed by atoms with Gasteiger partial charge in [-0.3, -0.25) is 14.5 Å². The van der Waals surface area contributed by atoms with Crippen LogP contribution in [0.15, 0.2) is 59.9 Å². The average Bonchev–Trinajstić information content (AvgIpc) is 3.49. The fraction of sp³-hybridized carbons (Fsp3) is 0.345. The molecule has 3 aromatic rings. The summed E-state index contributed by atoms with van der Waals surface area (Å²) in [6, 6.07) is 14.0. The van der Waals surface area contributed by atoms with E-state index >= 15 is 0 Å². The maximum absolute atomic E-state index is 14.1. The first-order chi connectivity index (χ1) is 18.9. The maximum Gasteiger partial charge on any atom is 0.290 e. The lowest BCUT2D eigenvalue weighted by Crippen LogP contribution is -2.43. The van der Waals surface area contributed by atoms with E-state index < -0.39 is 23.5 Å². The number of aryl methyl sites for hydroxylation is 1. The number of rotatable bonds is 9. The minimum absolute atomic E-state index is 0.0138. The van der Waals surface area contributed by atoms with E-state index in [1.165, 1.54) is 18.4 Å². The Bertz CT molecular complexity index is 1400. The number of methoxy groups -OCH3 is 2. The summed E-state index contributed by atoms with van der Waals surface area (Å²) in [5.41, 5.74) is 2.01. The summed E-state index contributed by atoms with van der Waals surface area (Å²) >= 11 is 1.25. The Morgan fingerprint density at radius 2 is 1.85 bits per heavy atom. The number of hydrogen-bond acceptors (Lipinski definition) is 9. The van der Waals surface area contributed by atoms with Gasteiger partial charge in [0.05, 0.1) is 49.6 Å². The number of thiazole rings is 1. The van der Waals surface area contributed by atoms with E-state index in [-0.39, 0.29) is 5.57 Å². The molecule has 5 rings (SSSR count). The van der Waals surface area contributed by atoms with Crippen LogP contribution in [0.4, 0.5) is 0 Å². The van der Waals surface area contributed by atoms with Crippen molar-refractivity contribution in [1.29, 1.82) is 0 Å². The Balaban J connectivity index is 1.56. The minimum Gasteiger partial charge on any atom is -0.503 e. The van der Waals surface area contributed by atoms with Crippen LogP contribution in [0, 0.1) is 6.92 Å². The molecule has 1 saturated heterocycles. The van der Waals surface area contributed by atoms with E-state index in [2.05, 4.69) is 9.88 Å². The molecule has 204 valence electrons. The topological polar surface area (TPSA) is 101 Å². The van der Waals surface area contributed by atoms with Crippen LogP contribution >= 0.6 is 11.3 Å². The van der Waals surface area contributed by atoms with Gasteiger partial charge < -0.3 is 24.2 Å². The first-order valence-electron chi connectivity index (χ1n) is 12.8. The van der Waals surface area contributed by atoms with Gasteiger partial charge in [-0.25, -0.2) is 4.98 Å². The van der Waals surface area contributed by atoms with Crippen LogP contribution in [0.5, 0.6) is 11.5 Å². The second-order valence-corrected chi connectivity index (χ2v) is 10.4. The Morgan fingerprint density at radius 1 is 1.10 bits per heavy atom. The number of aromatic nitrogens is 1. The number of ketones is 1. The molecule has 39 heavy (non-hydrogen) atoms. The Kier molecular flexibility index (Phi) is 7.97. The quantitative estimate of drug-likeness (QED) is 0.399. The van der Waals surface area contributed by atoms with E-state index in [9.17, 15) is 14.7 Å². The number of aliphatic hydroxyl groups is 1. The summed E-state index contributed by atoms with van der Waals surface area (Å²) in [4.78, 5) is 36.4. The molecule has 1 aromatic heterocycles. The number of hydrogen-bond donors (Lipinski definition) is 1. The zero-order chi connectivity index (χ0) is 27.5. The van der Waals surface area contributed by atoms with Crippen molar-refractivity contribution in [2.24, 2.45) is 0 Å². The Hall–Kier alpha value is -3.73. The molecule has 0 unspecified atom stereocenters. The summed E-state index contributed by atoms with van der Waals surface area (Å²) in [6.45, 7) is 5.41. The van der Waals surface area contributed by atoms with Crippen molar-refractivity contribution in [1.82, 2.24) is 14.8 Å². The van der Waals surface area contributed by atoms with E-state index in [0.717, 1.165) is 18.7 Å². The highest BCUT2D eigenvalue weighted by molar-refractivity contribution is 7.17. The van der Waals surface area contributed by atoms with Crippen molar-refractivity contribution in [3.05, 3.63) is 76.0 Å². The molecule has 0 bridgehead atoms. The first-order valence-corrected chi connectivity index (χ1v) is 13.6. The van der Waals surface area contributed by atoms with Crippen molar-refractivity contribution < 1.29 is 28.9 Å². The third-order valence-electron chi connectivity index (χ3n) is 7.06. The summed E-state index contributed by atoms with van der Waals surface area (Å²) in [7, 11) is 3.08. The molecular formula is C29H31N3O6S. The zero-order valence-electron chi connectivity index (χ0n) is 22.2. The van der Waals surface area contributed by atoms with Crippen LogP contribution < -0.4 is 9.47 Å². The predicted octanol–water partition coefficient (Wildman–Crippen LogP) is 4.05. The lowest BCUT2D eigenvalue weighted by atomic mass is 9.94. The highest BCUT2D eigenvalue weighted by atomic mass is 32.1. The Morgan fingerprint density at radius 3 is 2.54 bits per heavy atom. The van der Waals surface area contributed by atoms with Crippen LogP contribution in [-0.4, -0.2) is 85.2 Å². The lowest BCUT2D eigenvalue weighted by molar-refractivity contribution is -0.129. The molecule has 10 heteroatoms. The molecule has 1 amide bonds. The van der Waals surface area contributed by atoms with Crippen LogP contribution in [-0.2, 0) is 9.53 Å². The number of carbonyl (C=O) groups excluding carboxylic acids is 2. The number of Topliss-reactive ketones (excluding diaryl/α,β-unsaturated/α-hetero) is 1. The number of nitrogens with zero attached hydrogens (tertiary/aromatic N) is 3. The Labute approximate surface area is 231 Å². The lowest BCUT2D eigenvalue weighted by Gasteiger charge is -2.32. The number of amides is 1. The first kappa shape index (κ1) is 26.9. The molecule has 1 atom stereocenters. The van der Waals surface area contributed by atoms with E-state index in [0.29, 0.717) is 58.9 Å². The zero-order valence-corrected chi connectivity index (χ0v) is 23.0. The van der Waals surface area contributed by atoms with Gasteiger partial charge in [-0.2, -0.15) is 0 Å². The van der Waals surface area contributed by atoms with Gasteiger partial charge in [0.1, 0.15) is 16.5 Å². The molecule has 0 saturated carbocycles. The second-order valence-electron chi connectivity index (χ2n) is 9.35. The number of aliphatic hydroxyl groups excluding tert-OH is 1. The molecule has 0 spiro atoms. The van der Waals surface area contributed by atoms with Gasteiger partial charge in [-0.05, 0) is 25.1 Å². The van der Waals surface area contributed by atoms with Gasteiger partial charge in [-0.15, -0.1) is 11.3 Å². The molecule has 1 fully saturated rings. The summed E-state index contributed by atoms with van der Waals surface area (Å²) < 4.78 is 16.5. The van der Waals surface area contributed by atoms with Gasteiger partial charge in [-0.1, -0.05) is 30.3 Å². The standard InChI is InChI=1S/C29H31N3O6S/c1-18-27(39-28(30-18)19-7-5-4-6-8-19)25(33)23-24(21-17-20(36-2)9-10-22(21)37-3)32(29(35)26(23)34)12-11-31-13-15-38-16-14-31/h4-10,17,24,34H,11-16H2,1-3H3/t24-/m0/s1. The minimum atomic E-state index is -0.863. The van der Waals surface area contributed by atoms with Crippen LogP contribution in [0.1, 0.15) is 27.0 Å². The summed E-state index contributed by atoms with van der Waals surface area (Å²) in [5.74, 6) is -0.541. The summed E-state index contributed by atoms with van der Waals surface area (Å²) in [5, 5.41) is 11.9. The van der Waals surface area contributed by atoms with Gasteiger partial charge in [0.25, 0.3) is 5.91 Å². The SMILES string of the molecule is COc1ccc(OC)c([C@H]2C(C(=O)c3sc(-c4ccccc4)nc3C)=C(O)C(=O)N2CCN2CCOCC2)c1. The van der Waals surface area contributed by atoms with Gasteiger partial charge in [0.2, 0.25) is 5.78 Å². The number of carbonyl (C=O) groups is 2. The fourth-order valence-electron chi connectivity index (χ4n) is 5.00. The number of benzene rings is 2. The van der Waals surface area contributed by atoms with Crippen molar-refractivity contribution in [2.75, 3.05) is 53.6 Å². The molecular weight excluding hydrogens is 518 g/mol. The predicted molar refractivity (Wildman–Crippen MR) is 148 cm³/mol. The molecule has 1 N–H and O–H groups in total. The van der Waals surface area contributed by atoms with E-state index in [1.807, 2.05) is 30.3 Å². The van der Waals surface area contributed by atoms with Crippen molar-refractivity contribution in [3.8, 4) is 22.1 Å². The highest BCUT2D eigenvalue weighted by Crippen LogP contribution is 2.44. The smallest absolute Gasteiger partial charge is 0.290 e. The maximum atomic E-state index is 14.1. The summed E-state index contributed by atoms with van der Waals surface area (Å²) in [6.07, 6.45) is 0. The normalized spacial score (nSPS) is 18.1. The largest absolute Gasteiger partial charge is 0.503 e. The van der Waals surface area contributed by atoms with Gasteiger partial charge >= 0.3 is 0 Å². The third kappa shape index (κ3) is 5.27. The molecule has 2 aromatic carbocycles. The second kappa shape index (κ2) is 11.6. The van der Waals surface area contributed by atoms with E-state index in [4.69, 9.17) is 14.2 Å². The molecule has 2 aliphatic heterocycles. The highest BCUT2D eigenvalue weighted by Gasteiger charge is 2.45. The third-order valence-corrected chi connectivity index (χ3v) is 8.27. The van der Waals surface area contributed by atoms with Crippen molar-refractivity contribution in [3.63, 3.8) is 0 Å². The molecule has 0 aliphatic carbocycles. The number of ether oxygens (including phenoxy) is 3. The fourth-order valence-corrected chi connectivity index (χ4v) is 6.03. The van der Waals surface area contributed by atoms with Crippen LogP contribution in [0.3, 0.4) is 0 Å². The molecule has 2 aliphatic rings. The molecule has 9 nitrogen and oxygen atoms in total. The molecule has 3 heterocycles. The van der Waals surface area contributed by atoms with Crippen LogP contribution in [0.2, 0.25) is 0 Å². The van der Waals surface area contributed by atoms with Gasteiger partial charge in [0.15, 0.2) is 5.76 Å². The monoisotopic (exact) mass is 549 g/mol. The average molecular weight is 550 g/mol. The van der Waals surface area contributed by atoms with Crippen molar-refractivity contribution >= 4 is 23.0 Å². The van der Waals surface area contributed by atoms with E-state index in [1.54, 1.807) is 37.1 Å². The number of morpholine rings is 1. The van der Waals surface area contributed by atoms with Crippen LogP contribution in [0.25, 0.3) is 10.6 Å². The molecule has 0 radical (unpaired) electrons. The van der Waals surface area contributed by atoms with Crippen molar-refractivity contribution in [2.45, 2.75) is 13.0 Å².